The summed E-state index contributed by atoms with van der Waals surface area (Å²) in [5.41, 5.74) is 15.6. The number of para-hydroxylation sites is 1. The van der Waals surface area contributed by atoms with Gasteiger partial charge in [0.2, 0.25) is 0 Å². The molecule has 0 amide bonds. The van der Waals surface area contributed by atoms with Crippen LogP contribution in [0.5, 0.6) is 0 Å². The van der Waals surface area contributed by atoms with E-state index >= 15 is 0 Å². The first-order valence-corrected chi connectivity index (χ1v) is 7.95. The van der Waals surface area contributed by atoms with E-state index < -0.39 is 0 Å². The fourth-order valence-corrected chi connectivity index (χ4v) is 2.86. The van der Waals surface area contributed by atoms with Crippen LogP contribution >= 0.6 is 0 Å². The molecule has 0 atom stereocenters. The topological polar surface area (TPSA) is 115 Å². The van der Waals surface area contributed by atoms with Gasteiger partial charge in [-0.3, -0.25) is 0 Å². The molecule has 2 heterocycles. The second-order valence-corrected chi connectivity index (χ2v) is 5.79. The first-order chi connectivity index (χ1) is 12.7. The van der Waals surface area contributed by atoms with Crippen LogP contribution in [0.25, 0.3) is 27.8 Å². The maximum absolute atomic E-state index is 8.74. The number of nitrogens with two attached hydrogens (primary N) is 2. The number of aromatic nitrogens is 3. The fraction of sp³-hybridized carbons (Fsp3) is 0. The Hall–Kier alpha value is -3.87. The Labute approximate surface area is 149 Å². The molecule has 2 aromatic heterocycles. The van der Waals surface area contributed by atoms with Gasteiger partial charge in [-0.2, -0.15) is 5.10 Å². The van der Waals surface area contributed by atoms with Gasteiger partial charge in [0, 0.05) is 22.7 Å². The van der Waals surface area contributed by atoms with Gasteiger partial charge in [-0.1, -0.05) is 23.4 Å². The third-order valence-electron chi connectivity index (χ3n) is 4.14. The van der Waals surface area contributed by atoms with Crippen LogP contribution in [0.15, 0.2) is 72.0 Å². The standard InChI is InChI=1S/C19H16N6O/c20-18-11-15(14-3-1-2-4-16(14)22-18)17-9-10-25(23-17)13-7-5-12(6-8-13)19(21)24-26/h1-11,26H,(H2,20,22)(H2,21,24). The van der Waals surface area contributed by atoms with Gasteiger partial charge >= 0.3 is 0 Å². The number of hydrogen-bond donors (Lipinski definition) is 3. The predicted octanol–water partition coefficient (Wildman–Crippen LogP) is 2.76. The lowest BCUT2D eigenvalue weighted by atomic mass is 10.1. The highest BCUT2D eigenvalue weighted by Gasteiger charge is 2.10. The average molecular weight is 344 g/mol. The molecule has 0 unspecified atom stereocenters. The summed E-state index contributed by atoms with van der Waals surface area (Å²) in [4.78, 5) is 4.36. The van der Waals surface area contributed by atoms with Crippen LogP contribution in [0.2, 0.25) is 0 Å². The summed E-state index contributed by atoms with van der Waals surface area (Å²) < 4.78 is 1.76. The van der Waals surface area contributed by atoms with E-state index in [0.717, 1.165) is 27.8 Å². The second kappa shape index (κ2) is 6.21. The van der Waals surface area contributed by atoms with Gasteiger partial charge in [0.05, 0.1) is 16.9 Å². The highest BCUT2D eigenvalue weighted by Crippen LogP contribution is 2.28. The van der Waals surface area contributed by atoms with Crippen molar-refractivity contribution in [3.8, 4) is 16.9 Å². The molecule has 0 aliphatic carbocycles. The SMILES string of the molecule is N/C(=N\O)c1ccc(-n2ccc(-c3cc(N)nc4ccccc34)n2)cc1. The molecule has 0 aliphatic rings. The predicted molar refractivity (Wildman–Crippen MR) is 101 cm³/mol. The van der Waals surface area contributed by atoms with Crippen molar-refractivity contribution in [3.63, 3.8) is 0 Å². The molecule has 7 nitrogen and oxygen atoms in total. The Morgan fingerprint density at radius 3 is 2.58 bits per heavy atom. The van der Waals surface area contributed by atoms with Crippen LogP contribution in [-0.2, 0) is 0 Å². The minimum absolute atomic E-state index is 0.0661. The van der Waals surface area contributed by atoms with E-state index in [4.69, 9.17) is 16.7 Å². The Kier molecular flexibility index (Phi) is 3.74. The molecular formula is C19H16N6O. The van der Waals surface area contributed by atoms with Crippen LogP contribution in [0.3, 0.4) is 0 Å². The Bertz CT molecular complexity index is 1110. The van der Waals surface area contributed by atoms with Crippen molar-refractivity contribution < 1.29 is 5.21 Å². The minimum atomic E-state index is 0.0661. The van der Waals surface area contributed by atoms with E-state index in [1.165, 1.54) is 0 Å². The largest absolute Gasteiger partial charge is 0.409 e. The van der Waals surface area contributed by atoms with Crippen molar-refractivity contribution in [1.29, 1.82) is 0 Å². The van der Waals surface area contributed by atoms with Gasteiger partial charge in [0.1, 0.15) is 5.82 Å². The summed E-state index contributed by atoms with van der Waals surface area (Å²) in [5.74, 6) is 0.521. The number of benzene rings is 2. The Balaban J connectivity index is 1.75. The molecule has 0 radical (unpaired) electrons. The van der Waals surface area contributed by atoms with Gasteiger partial charge < -0.3 is 16.7 Å². The number of amidine groups is 1. The third kappa shape index (κ3) is 2.71. The summed E-state index contributed by atoms with van der Waals surface area (Å²) in [6, 6.07) is 18.8. The van der Waals surface area contributed by atoms with Crippen LogP contribution in [0.1, 0.15) is 5.56 Å². The van der Waals surface area contributed by atoms with Crippen LogP contribution < -0.4 is 11.5 Å². The average Bonchev–Trinajstić information content (AvgIpc) is 3.17. The zero-order chi connectivity index (χ0) is 18.1. The van der Waals surface area contributed by atoms with Gasteiger partial charge in [-0.25, -0.2) is 9.67 Å². The summed E-state index contributed by atoms with van der Waals surface area (Å²) in [6.07, 6.45) is 1.87. The monoisotopic (exact) mass is 344 g/mol. The molecule has 0 fully saturated rings. The smallest absolute Gasteiger partial charge is 0.170 e. The summed E-state index contributed by atoms with van der Waals surface area (Å²) in [6.45, 7) is 0. The Morgan fingerprint density at radius 1 is 1.04 bits per heavy atom. The highest BCUT2D eigenvalue weighted by atomic mass is 16.4. The molecule has 0 spiro atoms. The van der Waals surface area contributed by atoms with Crippen LogP contribution in [0, 0.1) is 0 Å². The maximum Gasteiger partial charge on any atom is 0.170 e. The maximum atomic E-state index is 8.74. The lowest BCUT2D eigenvalue weighted by molar-refractivity contribution is 0.318. The number of nitrogen functional groups attached to an aromatic ring is 1. The van der Waals surface area contributed by atoms with E-state index in [1.807, 2.05) is 54.7 Å². The summed E-state index contributed by atoms with van der Waals surface area (Å²) >= 11 is 0. The zero-order valence-electron chi connectivity index (χ0n) is 13.7. The number of pyridine rings is 1. The molecule has 128 valence electrons. The van der Waals surface area contributed by atoms with E-state index in [1.54, 1.807) is 16.8 Å². The number of hydrogen-bond acceptors (Lipinski definition) is 5. The van der Waals surface area contributed by atoms with E-state index in [2.05, 4.69) is 15.2 Å². The van der Waals surface area contributed by atoms with Crippen LogP contribution in [0.4, 0.5) is 5.82 Å². The molecule has 2 aromatic carbocycles. The summed E-state index contributed by atoms with van der Waals surface area (Å²) in [7, 11) is 0. The molecule has 5 N–H and O–H groups in total. The molecule has 4 aromatic rings. The van der Waals surface area contributed by atoms with Crippen molar-refractivity contribution in [2.75, 3.05) is 5.73 Å². The van der Waals surface area contributed by atoms with Crippen molar-refractivity contribution in [1.82, 2.24) is 14.8 Å². The molecule has 0 saturated carbocycles. The van der Waals surface area contributed by atoms with Crippen LogP contribution in [-0.4, -0.2) is 25.8 Å². The fourth-order valence-electron chi connectivity index (χ4n) is 2.86. The lowest BCUT2D eigenvalue weighted by Crippen LogP contribution is -2.12. The highest BCUT2D eigenvalue weighted by molar-refractivity contribution is 5.97. The van der Waals surface area contributed by atoms with Crippen molar-refractivity contribution in [3.05, 3.63) is 72.4 Å². The van der Waals surface area contributed by atoms with Crippen molar-refractivity contribution in [2.24, 2.45) is 10.9 Å². The third-order valence-corrected chi connectivity index (χ3v) is 4.14. The molecule has 0 aliphatic heterocycles. The molecule has 4 rings (SSSR count). The van der Waals surface area contributed by atoms with E-state index in [-0.39, 0.29) is 5.84 Å². The van der Waals surface area contributed by atoms with Gasteiger partial charge in [-0.05, 0) is 42.5 Å². The first kappa shape index (κ1) is 15.6. The van der Waals surface area contributed by atoms with Crippen molar-refractivity contribution in [2.45, 2.75) is 0 Å². The zero-order valence-corrected chi connectivity index (χ0v) is 13.7. The number of fused-ring (bicyclic) bond motifs is 1. The Morgan fingerprint density at radius 2 is 1.81 bits per heavy atom. The normalized spacial score (nSPS) is 11.8. The molecular weight excluding hydrogens is 328 g/mol. The molecule has 0 saturated heterocycles. The van der Waals surface area contributed by atoms with Crippen molar-refractivity contribution >= 4 is 22.6 Å². The second-order valence-electron chi connectivity index (χ2n) is 5.79. The van der Waals surface area contributed by atoms with Gasteiger partial charge in [0.15, 0.2) is 5.84 Å². The number of oxime groups is 1. The minimum Gasteiger partial charge on any atom is -0.409 e. The molecule has 26 heavy (non-hydrogen) atoms. The van der Waals surface area contributed by atoms with E-state index in [0.29, 0.717) is 11.4 Å². The summed E-state index contributed by atoms with van der Waals surface area (Å²) in [5, 5.41) is 17.4. The number of rotatable bonds is 3. The number of nitrogens with zero attached hydrogens (tertiary/aromatic N) is 4. The first-order valence-electron chi connectivity index (χ1n) is 7.95. The molecule has 0 bridgehead atoms. The molecule has 7 heteroatoms. The lowest BCUT2D eigenvalue weighted by Gasteiger charge is -2.06. The van der Waals surface area contributed by atoms with E-state index in [9.17, 15) is 0 Å². The quantitative estimate of drug-likeness (QED) is 0.229. The van der Waals surface area contributed by atoms with Gasteiger partial charge in [-0.15, -0.1) is 0 Å². The van der Waals surface area contributed by atoms with Gasteiger partial charge in [0.25, 0.3) is 0 Å². The number of anilines is 1.